The van der Waals surface area contributed by atoms with Gasteiger partial charge >= 0.3 is 0 Å². The van der Waals surface area contributed by atoms with Crippen LogP contribution in [0.5, 0.6) is 11.5 Å². The van der Waals surface area contributed by atoms with Gasteiger partial charge in [0.15, 0.2) is 0 Å². The summed E-state index contributed by atoms with van der Waals surface area (Å²) in [7, 11) is -1.70. The summed E-state index contributed by atoms with van der Waals surface area (Å²) in [6, 6.07) is 9.25. The maximum absolute atomic E-state index is 13.2. The fourth-order valence-electron chi connectivity index (χ4n) is 3.59. The van der Waals surface area contributed by atoms with Gasteiger partial charge in [-0.05, 0) is 42.3 Å². The van der Waals surface area contributed by atoms with Gasteiger partial charge in [-0.1, -0.05) is 0 Å². The first-order chi connectivity index (χ1) is 15.4. The molecule has 1 aliphatic heterocycles. The Bertz CT molecular complexity index is 1270. The van der Waals surface area contributed by atoms with Crippen molar-refractivity contribution in [1.82, 2.24) is 4.31 Å². The van der Waals surface area contributed by atoms with Crippen molar-refractivity contribution in [2.75, 3.05) is 56.9 Å². The molecule has 1 heterocycles. The van der Waals surface area contributed by atoms with Gasteiger partial charge in [0.1, 0.15) is 18.0 Å². The van der Waals surface area contributed by atoms with Crippen molar-refractivity contribution in [3.63, 3.8) is 0 Å². The predicted octanol–water partition coefficient (Wildman–Crippen LogP) is 1.31. The van der Waals surface area contributed by atoms with Gasteiger partial charge in [0.05, 0.1) is 31.1 Å². The Kier molecular flexibility index (Phi) is 6.91. The zero-order valence-corrected chi connectivity index (χ0v) is 20.7. The fourth-order valence-corrected chi connectivity index (χ4v) is 5.39. The number of ether oxygens (including phenoxy) is 2. The number of hydrogen-bond donors (Lipinski definition) is 0. The molecule has 1 amide bonds. The van der Waals surface area contributed by atoms with Crippen molar-refractivity contribution in [3.8, 4) is 11.5 Å². The Labute approximate surface area is 194 Å². The number of methoxy groups -OCH3 is 2. The summed E-state index contributed by atoms with van der Waals surface area (Å²) >= 11 is 0. The normalized spacial score (nSPS) is 13.7. The maximum Gasteiger partial charge on any atom is 0.247 e. The van der Waals surface area contributed by atoms with Gasteiger partial charge in [0.25, 0.3) is 0 Å². The number of anilines is 2. The number of nitrogens with zero attached hydrogens (tertiary/aromatic N) is 3. The highest BCUT2D eigenvalue weighted by Gasteiger charge is 2.31. The summed E-state index contributed by atoms with van der Waals surface area (Å²) in [4.78, 5) is 14.8. The molecule has 0 fully saturated rings. The van der Waals surface area contributed by atoms with Crippen LogP contribution in [0, 0.1) is 0 Å². The van der Waals surface area contributed by atoms with Gasteiger partial charge in [-0.3, -0.25) is 9.10 Å². The molecule has 0 aromatic heterocycles. The Morgan fingerprint density at radius 3 is 2.30 bits per heavy atom. The van der Waals surface area contributed by atoms with Crippen molar-refractivity contribution in [1.29, 1.82) is 0 Å². The molecule has 2 aromatic rings. The van der Waals surface area contributed by atoms with Crippen LogP contribution >= 0.6 is 0 Å². The second kappa shape index (κ2) is 9.20. The fraction of sp³-hybridized carbons (Fsp3) is 0.381. The zero-order chi connectivity index (χ0) is 24.6. The smallest absolute Gasteiger partial charge is 0.247 e. The van der Waals surface area contributed by atoms with Gasteiger partial charge in [-0.2, -0.15) is 0 Å². The number of amides is 1. The lowest BCUT2D eigenvalue weighted by Gasteiger charge is -2.27. The Morgan fingerprint density at radius 1 is 1.03 bits per heavy atom. The Hall–Kier alpha value is -2.83. The average molecular weight is 498 g/mol. The minimum Gasteiger partial charge on any atom is -0.497 e. The van der Waals surface area contributed by atoms with E-state index in [-0.39, 0.29) is 16.3 Å². The summed E-state index contributed by atoms with van der Waals surface area (Å²) in [5.74, 6) is 0.231. The van der Waals surface area contributed by atoms with Crippen LogP contribution in [0.1, 0.15) is 5.56 Å². The van der Waals surface area contributed by atoms with E-state index >= 15 is 0 Å². The van der Waals surface area contributed by atoms with Gasteiger partial charge in [-0.15, -0.1) is 0 Å². The third kappa shape index (κ3) is 4.92. The van der Waals surface area contributed by atoms with E-state index in [0.717, 1.165) is 14.9 Å². The molecule has 33 heavy (non-hydrogen) atoms. The van der Waals surface area contributed by atoms with E-state index in [1.165, 1.54) is 45.3 Å². The van der Waals surface area contributed by atoms with Crippen LogP contribution in [0.15, 0.2) is 41.3 Å². The number of sulfonamides is 2. The minimum absolute atomic E-state index is 0.138. The summed E-state index contributed by atoms with van der Waals surface area (Å²) < 4.78 is 62.6. The number of rotatable bonds is 8. The molecule has 10 nitrogen and oxygen atoms in total. The van der Waals surface area contributed by atoms with Crippen LogP contribution in [-0.2, 0) is 31.3 Å². The second-order valence-corrected chi connectivity index (χ2v) is 11.7. The molecule has 1 aliphatic rings. The van der Waals surface area contributed by atoms with E-state index in [2.05, 4.69) is 0 Å². The third-order valence-electron chi connectivity index (χ3n) is 5.36. The van der Waals surface area contributed by atoms with Gasteiger partial charge in [0.2, 0.25) is 26.0 Å². The molecule has 0 unspecified atom stereocenters. The average Bonchev–Trinajstić information content (AvgIpc) is 3.19. The molecule has 0 N–H and O–H groups in total. The summed E-state index contributed by atoms with van der Waals surface area (Å²) in [5.41, 5.74) is 1.44. The summed E-state index contributed by atoms with van der Waals surface area (Å²) in [6.07, 6.45) is 1.47. The van der Waals surface area contributed by atoms with Crippen LogP contribution < -0.4 is 18.7 Å². The van der Waals surface area contributed by atoms with Crippen LogP contribution in [0.4, 0.5) is 11.4 Å². The van der Waals surface area contributed by atoms with E-state index in [9.17, 15) is 21.6 Å². The monoisotopic (exact) mass is 497 g/mol. The SMILES string of the molecule is COc1ccc(OC)c(N(CC(=O)N2CCc3cc(S(=O)(=O)N(C)C)ccc32)S(C)(=O)=O)c1. The van der Waals surface area contributed by atoms with Crippen molar-refractivity contribution in [3.05, 3.63) is 42.0 Å². The first-order valence-electron chi connectivity index (χ1n) is 9.95. The molecule has 2 aromatic carbocycles. The van der Waals surface area contributed by atoms with Crippen molar-refractivity contribution >= 4 is 37.3 Å². The highest BCUT2D eigenvalue weighted by Crippen LogP contribution is 2.35. The van der Waals surface area contributed by atoms with Crippen molar-refractivity contribution < 1.29 is 31.1 Å². The number of benzene rings is 2. The highest BCUT2D eigenvalue weighted by molar-refractivity contribution is 7.92. The molecule has 0 bridgehead atoms. The standard InChI is InChI=1S/C21H27N3O7S2/c1-22(2)33(28,29)17-7-8-18-15(12-17)10-11-23(18)21(25)14-24(32(5,26)27)19-13-16(30-3)6-9-20(19)31-4/h6-9,12-13H,10-11,14H2,1-5H3. The van der Waals surface area contributed by atoms with Crippen LogP contribution in [0.2, 0.25) is 0 Å². The maximum atomic E-state index is 13.2. The van der Waals surface area contributed by atoms with E-state index in [1.54, 1.807) is 24.3 Å². The molecule has 0 aliphatic carbocycles. The quantitative estimate of drug-likeness (QED) is 0.540. The van der Waals surface area contributed by atoms with Gasteiger partial charge in [0, 0.05) is 32.4 Å². The van der Waals surface area contributed by atoms with Crippen molar-refractivity contribution in [2.45, 2.75) is 11.3 Å². The molecular weight excluding hydrogens is 470 g/mol. The van der Waals surface area contributed by atoms with Crippen LogP contribution in [-0.4, -0.2) is 74.7 Å². The highest BCUT2D eigenvalue weighted by atomic mass is 32.2. The van der Waals surface area contributed by atoms with Crippen LogP contribution in [0.3, 0.4) is 0 Å². The molecule has 0 spiro atoms. The number of hydrogen-bond acceptors (Lipinski definition) is 7. The molecule has 12 heteroatoms. The molecule has 3 rings (SSSR count). The van der Waals surface area contributed by atoms with E-state index in [1.807, 2.05) is 0 Å². The lowest BCUT2D eigenvalue weighted by atomic mass is 10.2. The molecule has 0 atom stereocenters. The van der Waals surface area contributed by atoms with E-state index in [4.69, 9.17) is 9.47 Å². The minimum atomic E-state index is -3.85. The lowest BCUT2D eigenvalue weighted by Crippen LogP contribution is -2.42. The van der Waals surface area contributed by atoms with Gasteiger partial charge < -0.3 is 14.4 Å². The first-order valence-corrected chi connectivity index (χ1v) is 13.2. The van der Waals surface area contributed by atoms with Crippen LogP contribution in [0.25, 0.3) is 0 Å². The first kappa shape index (κ1) is 24.8. The molecular formula is C21H27N3O7S2. The predicted molar refractivity (Wildman–Crippen MR) is 125 cm³/mol. The third-order valence-corrected chi connectivity index (χ3v) is 8.30. The number of carbonyl (C=O) groups excluding carboxylic acids is 1. The second-order valence-electron chi connectivity index (χ2n) is 7.68. The molecule has 0 saturated heterocycles. The summed E-state index contributed by atoms with van der Waals surface area (Å²) in [5, 5.41) is 0. The Balaban J connectivity index is 1.94. The molecule has 0 saturated carbocycles. The number of carbonyl (C=O) groups is 1. The lowest BCUT2D eigenvalue weighted by molar-refractivity contribution is -0.117. The largest absolute Gasteiger partial charge is 0.497 e. The van der Waals surface area contributed by atoms with Crippen molar-refractivity contribution in [2.24, 2.45) is 0 Å². The zero-order valence-electron chi connectivity index (χ0n) is 19.1. The van der Waals surface area contributed by atoms with E-state index in [0.29, 0.717) is 30.0 Å². The number of fused-ring (bicyclic) bond motifs is 1. The van der Waals surface area contributed by atoms with Gasteiger partial charge in [-0.25, -0.2) is 21.1 Å². The topological polar surface area (TPSA) is 114 Å². The van der Waals surface area contributed by atoms with E-state index < -0.39 is 32.5 Å². The molecule has 0 radical (unpaired) electrons. The Morgan fingerprint density at radius 2 is 1.73 bits per heavy atom. The summed E-state index contributed by atoms with van der Waals surface area (Å²) in [6.45, 7) is -0.147. The molecule has 180 valence electrons.